The Hall–Kier alpha value is -1.66. The number of nitrogens with two attached hydrogens (primary N) is 1. The molecule has 1 amide bonds. The second kappa shape index (κ2) is 8.50. The second-order valence-electron chi connectivity index (χ2n) is 4.60. The first-order valence-electron chi connectivity index (χ1n) is 7.03. The van der Waals surface area contributed by atoms with Gasteiger partial charge < -0.3 is 15.4 Å². The molecular formula is C14H24N4O2. The SMILES string of the molecule is CCCCN(CCO)C(=O)c1cc(CC)nc(NN)c1. The smallest absolute Gasteiger partial charge is 0.254 e. The summed E-state index contributed by atoms with van der Waals surface area (Å²) in [5, 5.41) is 9.09. The third-order valence-corrected chi connectivity index (χ3v) is 3.07. The molecule has 1 aromatic heterocycles. The van der Waals surface area contributed by atoms with Crippen molar-refractivity contribution in [2.75, 3.05) is 25.1 Å². The van der Waals surface area contributed by atoms with E-state index < -0.39 is 0 Å². The lowest BCUT2D eigenvalue weighted by Crippen LogP contribution is -2.34. The van der Waals surface area contributed by atoms with E-state index in [0.717, 1.165) is 25.0 Å². The zero-order valence-corrected chi connectivity index (χ0v) is 12.2. The van der Waals surface area contributed by atoms with Crippen molar-refractivity contribution >= 4 is 11.7 Å². The van der Waals surface area contributed by atoms with Crippen LogP contribution < -0.4 is 11.3 Å². The molecule has 0 spiro atoms. The van der Waals surface area contributed by atoms with Crippen LogP contribution in [0, 0.1) is 0 Å². The highest BCUT2D eigenvalue weighted by Crippen LogP contribution is 2.13. The van der Waals surface area contributed by atoms with Crippen LogP contribution in [-0.4, -0.2) is 40.6 Å². The fourth-order valence-electron chi connectivity index (χ4n) is 1.93. The number of pyridine rings is 1. The van der Waals surface area contributed by atoms with Gasteiger partial charge in [-0.05, 0) is 25.0 Å². The number of amides is 1. The monoisotopic (exact) mass is 280 g/mol. The predicted octanol–water partition coefficient (Wildman–Crippen LogP) is 1.16. The van der Waals surface area contributed by atoms with Crippen LogP contribution in [0.2, 0.25) is 0 Å². The van der Waals surface area contributed by atoms with Crippen LogP contribution in [0.1, 0.15) is 42.7 Å². The number of hydrazine groups is 1. The largest absolute Gasteiger partial charge is 0.395 e. The molecule has 0 saturated carbocycles. The summed E-state index contributed by atoms with van der Waals surface area (Å²) in [6, 6.07) is 3.41. The number of aromatic nitrogens is 1. The van der Waals surface area contributed by atoms with Crippen molar-refractivity contribution in [1.29, 1.82) is 0 Å². The summed E-state index contributed by atoms with van der Waals surface area (Å²) in [6.07, 6.45) is 2.64. The minimum Gasteiger partial charge on any atom is -0.395 e. The Bertz CT molecular complexity index is 415. The van der Waals surface area contributed by atoms with Gasteiger partial charge in [0, 0.05) is 24.3 Å². The number of aliphatic hydroxyl groups excluding tert-OH is 1. The number of nitrogen functional groups attached to an aromatic ring is 1. The number of hydrogen-bond acceptors (Lipinski definition) is 5. The highest BCUT2D eigenvalue weighted by atomic mass is 16.3. The van der Waals surface area contributed by atoms with E-state index in [0.29, 0.717) is 24.5 Å². The van der Waals surface area contributed by atoms with Crippen LogP contribution in [0.5, 0.6) is 0 Å². The van der Waals surface area contributed by atoms with Crippen LogP contribution in [0.25, 0.3) is 0 Å². The fraction of sp³-hybridized carbons (Fsp3) is 0.571. The number of anilines is 1. The van der Waals surface area contributed by atoms with E-state index in [2.05, 4.69) is 17.3 Å². The lowest BCUT2D eigenvalue weighted by atomic mass is 10.1. The minimum atomic E-state index is -0.0962. The summed E-state index contributed by atoms with van der Waals surface area (Å²) in [5.74, 6) is 5.76. The molecule has 1 heterocycles. The van der Waals surface area contributed by atoms with Crippen molar-refractivity contribution in [3.8, 4) is 0 Å². The number of aryl methyl sites for hydroxylation is 1. The van der Waals surface area contributed by atoms with Crippen molar-refractivity contribution < 1.29 is 9.90 Å². The molecule has 0 saturated heterocycles. The average Bonchev–Trinajstić information content (AvgIpc) is 2.50. The topological polar surface area (TPSA) is 91.5 Å². The Morgan fingerprint density at radius 3 is 2.70 bits per heavy atom. The van der Waals surface area contributed by atoms with Crippen molar-refractivity contribution in [2.45, 2.75) is 33.1 Å². The molecule has 0 aromatic carbocycles. The maximum Gasteiger partial charge on any atom is 0.254 e. The zero-order chi connectivity index (χ0) is 15.0. The normalized spacial score (nSPS) is 10.4. The van der Waals surface area contributed by atoms with Gasteiger partial charge in [-0.15, -0.1) is 0 Å². The fourth-order valence-corrected chi connectivity index (χ4v) is 1.93. The Labute approximate surface area is 120 Å². The molecule has 0 atom stereocenters. The van der Waals surface area contributed by atoms with Gasteiger partial charge in [-0.25, -0.2) is 10.8 Å². The first-order valence-corrected chi connectivity index (χ1v) is 7.03. The van der Waals surface area contributed by atoms with E-state index in [9.17, 15) is 4.79 Å². The van der Waals surface area contributed by atoms with Crippen LogP contribution in [-0.2, 0) is 6.42 Å². The molecule has 0 fully saturated rings. The number of nitrogens with zero attached hydrogens (tertiary/aromatic N) is 2. The number of aliphatic hydroxyl groups is 1. The van der Waals surface area contributed by atoms with Gasteiger partial charge in [0.1, 0.15) is 5.82 Å². The maximum absolute atomic E-state index is 12.5. The quantitative estimate of drug-likeness (QED) is 0.491. The summed E-state index contributed by atoms with van der Waals surface area (Å²) in [6.45, 7) is 4.99. The van der Waals surface area contributed by atoms with Crippen molar-refractivity contribution in [2.24, 2.45) is 5.84 Å². The molecule has 0 aliphatic heterocycles. The van der Waals surface area contributed by atoms with Crippen LogP contribution >= 0.6 is 0 Å². The summed E-state index contributed by atoms with van der Waals surface area (Å²) in [5.41, 5.74) is 3.84. The van der Waals surface area contributed by atoms with Gasteiger partial charge in [-0.3, -0.25) is 4.79 Å². The van der Waals surface area contributed by atoms with Gasteiger partial charge in [0.05, 0.1) is 6.61 Å². The Morgan fingerprint density at radius 2 is 2.15 bits per heavy atom. The summed E-state index contributed by atoms with van der Waals surface area (Å²) in [4.78, 5) is 18.4. The van der Waals surface area contributed by atoms with Gasteiger partial charge in [0.25, 0.3) is 5.91 Å². The van der Waals surface area contributed by atoms with E-state index in [1.807, 2.05) is 6.92 Å². The van der Waals surface area contributed by atoms with Crippen molar-refractivity contribution in [1.82, 2.24) is 9.88 Å². The third kappa shape index (κ3) is 4.47. The molecule has 1 rings (SSSR count). The first kappa shape index (κ1) is 16.4. The highest BCUT2D eigenvalue weighted by molar-refractivity contribution is 5.95. The molecule has 0 bridgehead atoms. The van der Waals surface area contributed by atoms with Gasteiger partial charge in [0.15, 0.2) is 0 Å². The minimum absolute atomic E-state index is 0.0385. The van der Waals surface area contributed by atoms with E-state index in [-0.39, 0.29) is 12.5 Å². The van der Waals surface area contributed by atoms with Gasteiger partial charge in [-0.1, -0.05) is 20.3 Å². The number of hydrogen-bond donors (Lipinski definition) is 3. The number of rotatable bonds is 8. The molecule has 0 aliphatic rings. The molecule has 0 aliphatic carbocycles. The molecule has 112 valence electrons. The second-order valence-corrected chi connectivity index (χ2v) is 4.60. The lowest BCUT2D eigenvalue weighted by Gasteiger charge is -2.22. The van der Waals surface area contributed by atoms with Crippen LogP contribution in [0.3, 0.4) is 0 Å². The molecule has 6 nitrogen and oxygen atoms in total. The standard InChI is InChI=1S/C14H24N4O2/c1-3-5-6-18(7-8-19)14(20)11-9-12(4-2)16-13(10-11)17-15/h9-10,19H,3-8,15H2,1-2H3,(H,16,17). The van der Waals surface area contributed by atoms with E-state index in [1.165, 1.54) is 0 Å². The Balaban J connectivity index is 2.97. The molecule has 1 aromatic rings. The number of nitrogens with one attached hydrogen (secondary N) is 1. The Kier molecular flexibility index (Phi) is 6.97. The summed E-state index contributed by atoms with van der Waals surface area (Å²) < 4.78 is 0. The molecule has 0 unspecified atom stereocenters. The van der Waals surface area contributed by atoms with Crippen LogP contribution in [0.15, 0.2) is 12.1 Å². The molecular weight excluding hydrogens is 256 g/mol. The van der Waals surface area contributed by atoms with Gasteiger partial charge >= 0.3 is 0 Å². The van der Waals surface area contributed by atoms with Crippen LogP contribution in [0.4, 0.5) is 5.82 Å². The van der Waals surface area contributed by atoms with Crippen molar-refractivity contribution in [3.63, 3.8) is 0 Å². The van der Waals surface area contributed by atoms with Gasteiger partial charge in [0.2, 0.25) is 0 Å². The number of carbonyl (C=O) groups excluding carboxylic acids is 1. The lowest BCUT2D eigenvalue weighted by molar-refractivity contribution is 0.0719. The molecule has 4 N–H and O–H groups in total. The van der Waals surface area contributed by atoms with Gasteiger partial charge in [-0.2, -0.15) is 0 Å². The third-order valence-electron chi connectivity index (χ3n) is 3.07. The molecule has 0 radical (unpaired) electrons. The highest BCUT2D eigenvalue weighted by Gasteiger charge is 2.16. The Morgan fingerprint density at radius 1 is 1.40 bits per heavy atom. The van der Waals surface area contributed by atoms with Crippen molar-refractivity contribution in [3.05, 3.63) is 23.4 Å². The van der Waals surface area contributed by atoms with E-state index in [1.54, 1.807) is 17.0 Å². The average molecular weight is 280 g/mol. The summed E-state index contributed by atoms with van der Waals surface area (Å²) >= 11 is 0. The number of carbonyl (C=O) groups is 1. The predicted molar refractivity (Wildman–Crippen MR) is 79.3 cm³/mol. The molecule has 6 heteroatoms. The first-order chi connectivity index (χ1) is 9.65. The zero-order valence-electron chi connectivity index (χ0n) is 12.2. The van der Waals surface area contributed by atoms with E-state index >= 15 is 0 Å². The number of unbranched alkanes of at least 4 members (excludes halogenated alkanes) is 1. The maximum atomic E-state index is 12.5. The summed E-state index contributed by atoms with van der Waals surface area (Å²) in [7, 11) is 0. The molecule has 20 heavy (non-hydrogen) atoms. The van der Waals surface area contributed by atoms with E-state index in [4.69, 9.17) is 10.9 Å².